The highest BCUT2D eigenvalue weighted by molar-refractivity contribution is 9.10. The predicted octanol–water partition coefficient (Wildman–Crippen LogP) is 6.99. The van der Waals surface area contributed by atoms with Crippen LogP contribution >= 0.6 is 39.1 Å². The van der Waals surface area contributed by atoms with Gasteiger partial charge in [-0.2, -0.15) is 13.2 Å². The SMILES string of the molecule is FC(F)(F)c1cccc(-c2c(Cl)nc3ccc(Br)cc3c2Cl)c1. The van der Waals surface area contributed by atoms with Crippen molar-refractivity contribution in [3.8, 4) is 11.1 Å². The van der Waals surface area contributed by atoms with Gasteiger partial charge in [0.1, 0.15) is 5.15 Å². The van der Waals surface area contributed by atoms with Crippen molar-refractivity contribution in [2.24, 2.45) is 0 Å². The van der Waals surface area contributed by atoms with Crippen LogP contribution in [0.3, 0.4) is 0 Å². The van der Waals surface area contributed by atoms with Gasteiger partial charge in [0.05, 0.1) is 16.1 Å². The van der Waals surface area contributed by atoms with E-state index in [4.69, 9.17) is 23.2 Å². The van der Waals surface area contributed by atoms with Crippen LogP contribution in [0, 0.1) is 0 Å². The Morgan fingerprint density at radius 2 is 1.74 bits per heavy atom. The third kappa shape index (κ3) is 3.18. The molecule has 0 saturated carbocycles. The molecule has 0 N–H and O–H groups in total. The highest BCUT2D eigenvalue weighted by Crippen LogP contribution is 2.40. The molecule has 0 aliphatic rings. The van der Waals surface area contributed by atoms with Crippen LogP contribution in [0.1, 0.15) is 5.56 Å². The van der Waals surface area contributed by atoms with Gasteiger partial charge in [0, 0.05) is 15.4 Å². The van der Waals surface area contributed by atoms with Gasteiger partial charge >= 0.3 is 6.18 Å². The molecular formula is C16H7BrCl2F3N. The van der Waals surface area contributed by atoms with Crippen molar-refractivity contribution in [3.63, 3.8) is 0 Å². The number of nitrogens with zero attached hydrogens (tertiary/aromatic N) is 1. The average Bonchev–Trinajstić information content (AvgIpc) is 2.48. The quantitative estimate of drug-likeness (QED) is 0.386. The first kappa shape index (κ1) is 16.6. The molecule has 0 amide bonds. The van der Waals surface area contributed by atoms with Crippen molar-refractivity contribution in [2.45, 2.75) is 6.18 Å². The number of fused-ring (bicyclic) bond motifs is 1. The first-order valence-corrected chi connectivity index (χ1v) is 7.94. The summed E-state index contributed by atoms with van der Waals surface area (Å²) in [7, 11) is 0. The Hall–Kier alpha value is -1.30. The van der Waals surface area contributed by atoms with E-state index in [0.717, 1.165) is 16.6 Å². The number of aromatic nitrogens is 1. The molecule has 0 unspecified atom stereocenters. The van der Waals surface area contributed by atoms with Gasteiger partial charge < -0.3 is 0 Å². The summed E-state index contributed by atoms with van der Waals surface area (Å²) in [4.78, 5) is 4.22. The summed E-state index contributed by atoms with van der Waals surface area (Å²) in [5, 5.41) is 0.933. The fourth-order valence-corrected chi connectivity index (χ4v) is 3.32. The van der Waals surface area contributed by atoms with E-state index in [-0.39, 0.29) is 21.3 Å². The van der Waals surface area contributed by atoms with Gasteiger partial charge in [-0.3, -0.25) is 0 Å². The van der Waals surface area contributed by atoms with Gasteiger partial charge in [-0.1, -0.05) is 51.3 Å². The average molecular weight is 421 g/mol. The zero-order valence-corrected chi connectivity index (χ0v) is 14.4. The summed E-state index contributed by atoms with van der Waals surface area (Å²) in [6, 6.07) is 10.1. The molecule has 3 rings (SSSR count). The van der Waals surface area contributed by atoms with Crippen molar-refractivity contribution in [2.75, 3.05) is 0 Å². The Morgan fingerprint density at radius 3 is 2.43 bits per heavy atom. The van der Waals surface area contributed by atoms with Crippen molar-refractivity contribution in [1.82, 2.24) is 4.98 Å². The van der Waals surface area contributed by atoms with Gasteiger partial charge in [-0.25, -0.2) is 4.98 Å². The zero-order valence-electron chi connectivity index (χ0n) is 11.3. The first-order chi connectivity index (χ1) is 10.8. The second kappa shape index (κ2) is 5.96. The summed E-state index contributed by atoms with van der Waals surface area (Å²) in [5.41, 5.74) is 0.352. The lowest BCUT2D eigenvalue weighted by Crippen LogP contribution is -2.04. The summed E-state index contributed by atoms with van der Waals surface area (Å²) in [5.74, 6) is 0. The molecule has 0 radical (unpaired) electrons. The molecular weight excluding hydrogens is 414 g/mol. The molecule has 0 saturated heterocycles. The largest absolute Gasteiger partial charge is 0.416 e. The molecule has 0 atom stereocenters. The number of halogens is 6. The fraction of sp³-hybridized carbons (Fsp3) is 0.0625. The molecule has 3 aromatic rings. The van der Waals surface area contributed by atoms with Crippen LogP contribution in [0.15, 0.2) is 46.9 Å². The van der Waals surface area contributed by atoms with Crippen molar-refractivity contribution < 1.29 is 13.2 Å². The molecule has 1 heterocycles. The van der Waals surface area contributed by atoms with Crippen LogP contribution < -0.4 is 0 Å². The van der Waals surface area contributed by atoms with Gasteiger partial charge in [0.25, 0.3) is 0 Å². The molecule has 0 fully saturated rings. The molecule has 0 bridgehead atoms. The number of benzene rings is 2. The Balaban J connectivity index is 2.28. The van der Waals surface area contributed by atoms with Gasteiger partial charge in [-0.05, 0) is 35.9 Å². The van der Waals surface area contributed by atoms with E-state index in [2.05, 4.69) is 20.9 Å². The second-order valence-electron chi connectivity index (χ2n) is 4.83. The Morgan fingerprint density at radius 1 is 1.00 bits per heavy atom. The molecule has 0 spiro atoms. The minimum absolute atomic E-state index is 0.0594. The van der Waals surface area contributed by atoms with E-state index in [9.17, 15) is 13.2 Å². The maximum absolute atomic E-state index is 12.9. The molecule has 0 aliphatic carbocycles. The van der Waals surface area contributed by atoms with E-state index in [1.807, 2.05) is 0 Å². The molecule has 1 nitrogen and oxygen atoms in total. The maximum atomic E-state index is 12.9. The summed E-state index contributed by atoms with van der Waals surface area (Å²) in [6.07, 6.45) is -4.44. The van der Waals surface area contributed by atoms with E-state index in [1.165, 1.54) is 12.1 Å². The summed E-state index contributed by atoms with van der Waals surface area (Å²) >= 11 is 15.9. The number of hydrogen-bond acceptors (Lipinski definition) is 1. The molecule has 1 aromatic heterocycles. The van der Waals surface area contributed by atoms with E-state index < -0.39 is 11.7 Å². The lowest BCUT2D eigenvalue weighted by atomic mass is 10.0. The van der Waals surface area contributed by atoms with E-state index >= 15 is 0 Å². The smallest absolute Gasteiger partial charge is 0.235 e. The van der Waals surface area contributed by atoms with E-state index in [0.29, 0.717) is 10.9 Å². The normalized spacial score (nSPS) is 11.9. The Kier molecular flexibility index (Phi) is 4.29. The minimum atomic E-state index is -4.44. The predicted molar refractivity (Wildman–Crippen MR) is 89.9 cm³/mol. The molecule has 23 heavy (non-hydrogen) atoms. The van der Waals surface area contributed by atoms with Crippen LogP contribution in [0.5, 0.6) is 0 Å². The standard InChI is InChI=1S/C16H7BrCl2F3N/c17-10-4-5-12-11(7-10)14(18)13(15(19)23-12)8-2-1-3-9(6-8)16(20,21)22/h1-7H. The van der Waals surface area contributed by atoms with Crippen LogP contribution in [0.25, 0.3) is 22.0 Å². The molecule has 7 heteroatoms. The topological polar surface area (TPSA) is 12.9 Å². The van der Waals surface area contributed by atoms with Crippen molar-refractivity contribution in [3.05, 3.63) is 62.7 Å². The van der Waals surface area contributed by atoms with E-state index in [1.54, 1.807) is 18.2 Å². The number of alkyl halides is 3. The Bertz CT molecular complexity index is 910. The maximum Gasteiger partial charge on any atom is 0.416 e. The molecule has 0 aliphatic heterocycles. The van der Waals surface area contributed by atoms with Crippen LogP contribution in [-0.4, -0.2) is 4.98 Å². The van der Waals surface area contributed by atoms with Crippen LogP contribution in [0.4, 0.5) is 13.2 Å². The second-order valence-corrected chi connectivity index (χ2v) is 6.48. The fourth-order valence-electron chi connectivity index (χ4n) is 2.27. The monoisotopic (exact) mass is 419 g/mol. The highest BCUT2D eigenvalue weighted by Gasteiger charge is 2.31. The number of rotatable bonds is 1. The summed E-state index contributed by atoms with van der Waals surface area (Å²) in [6.45, 7) is 0. The number of hydrogen-bond donors (Lipinski definition) is 0. The third-order valence-electron chi connectivity index (χ3n) is 3.32. The zero-order chi connectivity index (χ0) is 16.8. The molecule has 2 aromatic carbocycles. The highest BCUT2D eigenvalue weighted by atomic mass is 79.9. The van der Waals surface area contributed by atoms with Crippen molar-refractivity contribution in [1.29, 1.82) is 0 Å². The number of pyridine rings is 1. The first-order valence-electron chi connectivity index (χ1n) is 6.39. The third-order valence-corrected chi connectivity index (χ3v) is 4.48. The van der Waals surface area contributed by atoms with Crippen LogP contribution in [0.2, 0.25) is 10.2 Å². The lowest BCUT2D eigenvalue weighted by molar-refractivity contribution is -0.137. The lowest BCUT2D eigenvalue weighted by Gasteiger charge is -2.12. The van der Waals surface area contributed by atoms with Gasteiger partial charge in [0.2, 0.25) is 0 Å². The van der Waals surface area contributed by atoms with Crippen molar-refractivity contribution >= 4 is 50.0 Å². The minimum Gasteiger partial charge on any atom is -0.235 e. The molecule has 118 valence electrons. The van der Waals surface area contributed by atoms with Crippen LogP contribution in [-0.2, 0) is 6.18 Å². The summed E-state index contributed by atoms with van der Waals surface area (Å²) < 4.78 is 39.5. The van der Waals surface area contributed by atoms with Gasteiger partial charge in [-0.15, -0.1) is 0 Å². The Labute approximate surface area is 148 Å². The van der Waals surface area contributed by atoms with Gasteiger partial charge in [0.15, 0.2) is 0 Å².